The van der Waals surface area contributed by atoms with Gasteiger partial charge in [0.05, 0.1) is 0 Å². The molecule has 1 aromatic rings. The zero-order chi connectivity index (χ0) is 10.8. The highest BCUT2D eigenvalue weighted by Gasteiger charge is 2.25. The lowest BCUT2D eigenvalue weighted by molar-refractivity contribution is 0.487. The molecular weight excluding hydrogens is 208 g/mol. The van der Waals surface area contributed by atoms with Crippen LogP contribution >= 0.6 is 11.6 Å². The smallest absolute Gasteiger partial charge is 0.0462 e. The van der Waals surface area contributed by atoms with Crippen molar-refractivity contribution in [2.75, 3.05) is 0 Å². The third-order valence-corrected chi connectivity index (χ3v) is 3.48. The quantitative estimate of drug-likeness (QED) is 0.610. The summed E-state index contributed by atoms with van der Waals surface area (Å²) in [4.78, 5) is 0. The van der Waals surface area contributed by atoms with Gasteiger partial charge in [-0.2, -0.15) is 0 Å². The second-order valence-corrected chi connectivity index (χ2v) is 4.81. The molecule has 0 amide bonds. The van der Waals surface area contributed by atoms with E-state index in [2.05, 4.69) is 17.6 Å². The van der Waals surface area contributed by atoms with Crippen LogP contribution in [0, 0.1) is 12.8 Å². The van der Waals surface area contributed by atoms with Gasteiger partial charge in [0.2, 0.25) is 0 Å². The van der Waals surface area contributed by atoms with E-state index in [1.54, 1.807) is 0 Å². The number of nitrogens with two attached hydrogens (primary N) is 1. The summed E-state index contributed by atoms with van der Waals surface area (Å²) in [7, 11) is 0. The van der Waals surface area contributed by atoms with Gasteiger partial charge >= 0.3 is 0 Å². The van der Waals surface area contributed by atoms with Crippen molar-refractivity contribution < 1.29 is 0 Å². The first-order valence-corrected chi connectivity index (χ1v) is 5.80. The minimum atomic E-state index is 0.272. The van der Waals surface area contributed by atoms with Gasteiger partial charge in [0, 0.05) is 11.1 Å². The monoisotopic (exact) mass is 224 g/mol. The fraction of sp³-hybridized carbons (Fsp3) is 0.500. The summed E-state index contributed by atoms with van der Waals surface area (Å²) in [6, 6.07) is 6.40. The Bertz CT molecular complexity index is 347. The van der Waals surface area contributed by atoms with E-state index >= 15 is 0 Å². The van der Waals surface area contributed by atoms with Crippen molar-refractivity contribution in [1.82, 2.24) is 5.43 Å². The summed E-state index contributed by atoms with van der Waals surface area (Å²) < 4.78 is 0. The van der Waals surface area contributed by atoms with E-state index in [0.717, 1.165) is 22.9 Å². The van der Waals surface area contributed by atoms with E-state index in [4.69, 9.17) is 17.4 Å². The number of halogens is 1. The zero-order valence-electron chi connectivity index (χ0n) is 8.96. The number of hydrogen-bond acceptors (Lipinski definition) is 2. The first kappa shape index (κ1) is 10.9. The molecule has 1 aliphatic carbocycles. The highest BCUT2D eigenvalue weighted by Crippen LogP contribution is 2.37. The molecule has 2 nitrogen and oxygen atoms in total. The molecule has 3 heteroatoms. The van der Waals surface area contributed by atoms with Gasteiger partial charge in [-0.3, -0.25) is 11.3 Å². The van der Waals surface area contributed by atoms with E-state index in [1.165, 1.54) is 18.4 Å². The van der Waals surface area contributed by atoms with E-state index in [-0.39, 0.29) is 6.04 Å². The Labute approximate surface area is 95.8 Å². The van der Waals surface area contributed by atoms with Crippen molar-refractivity contribution in [3.05, 3.63) is 34.3 Å². The maximum atomic E-state index is 5.99. The molecule has 1 aromatic carbocycles. The van der Waals surface area contributed by atoms with Gasteiger partial charge in [0.15, 0.2) is 0 Å². The molecule has 1 unspecified atom stereocenters. The second-order valence-electron chi connectivity index (χ2n) is 4.41. The lowest BCUT2D eigenvalue weighted by Gasteiger charge is -2.16. The fourth-order valence-corrected chi connectivity index (χ4v) is 1.99. The second kappa shape index (κ2) is 4.52. The van der Waals surface area contributed by atoms with Crippen molar-refractivity contribution in [2.24, 2.45) is 11.8 Å². The Hall–Kier alpha value is -0.570. The largest absolute Gasteiger partial charge is 0.271 e. The Morgan fingerprint density at radius 1 is 1.53 bits per heavy atom. The normalized spacial score (nSPS) is 17.8. The zero-order valence-corrected chi connectivity index (χ0v) is 9.72. The molecule has 82 valence electrons. The maximum Gasteiger partial charge on any atom is 0.0462 e. The molecule has 0 aromatic heterocycles. The van der Waals surface area contributed by atoms with Crippen LogP contribution in [0.2, 0.25) is 5.02 Å². The van der Waals surface area contributed by atoms with E-state index in [9.17, 15) is 0 Å². The highest BCUT2D eigenvalue weighted by atomic mass is 35.5. The van der Waals surface area contributed by atoms with Crippen molar-refractivity contribution in [3.63, 3.8) is 0 Å². The van der Waals surface area contributed by atoms with Crippen LogP contribution in [0.25, 0.3) is 0 Å². The molecule has 0 saturated heterocycles. The predicted molar refractivity (Wildman–Crippen MR) is 63.6 cm³/mol. The maximum absolute atomic E-state index is 5.99. The van der Waals surface area contributed by atoms with Crippen LogP contribution in [-0.2, 0) is 0 Å². The summed E-state index contributed by atoms with van der Waals surface area (Å²) in [6.45, 7) is 2.02. The molecular formula is C12H17ClN2. The van der Waals surface area contributed by atoms with Crippen LogP contribution < -0.4 is 11.3 Å². The van der Waals surface area contributed by atoms with E-state index in [0.29, 0.717) is 0 Å². The lowest BCUT2D eigenvalue weighted by atomic mass is 10.00. The molecule has 1 atom stereocenters. The number of nitrogens with one attached hydrogen (secondary N) is 1. The number of hydrazine groups is 1. The van der Waals surface area contributed by atoms with Crippen LogP contribution in [0.1, 0.15) is 36.4 Å². The summed E-state index contributed by atoms with van der Waals surface area (Å²) >= 11 is 5.99. The number of hydrogen-bond donors (Lipinski definition) is 2. The molecule has 0 aliphatic heterocycles. The van der Waals surface area contributed by atoms with Crippen molar-refractivity contribution in [3.8, 4) is 0 Å². The average Bonchev–Trinajstić information content (AvgIpc) is 3.02. The molecule has 0 spiro atoms. The summed E-state index contributed by atoms with van der Waals surface area (Å²) in [5.41, 5.74) is 5.25. The van der Waals surface area contributed by atoms with Crippen LogP contribution in [0.15, 0.2) is 18.2 Å². The fourth-order valence-electron chi connectivity index (χ4n) is 1.87. The lowest BCUT2D eigenvalue weighted by Crippen LogP contribution is -2.28. The molecule has 1 fully saturated rings. The average molecular weight is 225 g/mol. The van der Waals surface area contributed by atoms with Gasteiger partial charge in [-0.05, 0) is 36.5 Å². The standard InChI is InChI=1S/C12H17ClN2/c1-8-6-10(4-5-11(8)13)12(15-14)7-9-2-3-9/h4-6,9,12,15H,2-3,7,14H2,1H3. The minimum Gasteiger partial charge on any atom is -0.271 e. The Morgan fingerprint density at radius 2 is 2.27 bits per heavy atom. The van der Waals surface area contributed by atoms with Gasteiger partial charge in [-0.15, -0.1) is 0 Å². The van der Waals surface area contributed by atoms with Gasteiger partial charge in [0.1, 0.15) is 0 Å². The summed E-state index contributed by atoms with van der Waals surface area (Å²) in [5.74, 6) is 6.45. The van der Waals surface area contributed by atoms with Gasteiger partial charge < -0.3 is 0 Å². The molecule has 0 heterocycles. The molecule has 2 rings (SSSR count). The van der Waals surface area contributed by atoms with Gasteiger partial charge in [-0.25, -0.2) is 0 Å². The van der Waals surface area contributed by atoms with Gasteiger partial charge in [0.25, 0.3) is 0 Å². The SMILES string of the molecule is Cc1cc(C(CC2CC2)NN)ccc1Cl. The summed E-state index contributed by atoms with van der Waals surface area (Å²) in [6.07, 6.45) is 3.84. The van der Waals surface area contributed by atoms with E-state index in [1.807, 2.05) is 13.0 Å². The van der Waals surface area contributed by atoms with Crippen molar-refractivity contribution in [1.29, 1.82) is 0 Å². The number of benzene rings is 1. The minimum absolute atomic E-state index is 0.272. The van der Waals surface area contributed by atoms with Crippen LogP contribution in [0.4, 0.5) is 0 Å². The first-order chi connectivity index (χ1) is 7.20. The van der Waals surface area contributed by atoms with Crippen molar-refractivity contribution >= 4 is 11.6 Å². The van der Waals surface area contributed by atoms with E-state index < -0.39 is 0 Å². The third kappa shape index (κ3) is 2.71. The van der Waals surface area contributed by atoms with Crippen LogP contribution in [0.5, 0.6) is 0 Å². The molecule has 3 N–H and O–H groups in total. The van der Waals surface area contributed by atoms with Crippen LogP contribution in [-0.4, -0.2) is 0 Å². The summed E-state index contributed by atoms with van der Waals surface area (Å²) in [5, 5.41) is 0.820. The van der Waals surface area contributed by atoms with Crippen LogP contribution in [0.3, 0.4) is 0 Å². The molecule has 0 radical (unpaired) electrons. The topological polar surface area (TPSA) is 38.0 Å². The molecule has 1 saturated carbocycles. The first-order valence-electron chi connectivity index (χ1n) is 5.43. The highest BCUT2D eigenvalue weighted by molar-refractivity contribution is 6.31. The Kier molecular flexibility index (Phi) is 3.29. The number of aryl methyl sites for hydroxylation is 1. The van der Waals surface area contributed by atoms with Crippen molar-refractivity contribution in [2.45, 2.75) is 32.2 Å². The number of rotatable bonds is 4. The Morgan fingerprint density at radius 3 is 2.80 bits per heavy atom. The Balaban J connectivity index is 2.13. The predicted octanol–water partition coefficient (Wildman–Crippen LogP) is 2.95. The van der Waals surface area contributed by atoms with Gasteiger partial charge in [-0.1, -0.05) is 36.6 Å². The molecule has 15 heavy (non-hydrogen) atoms. The third-order valence-electron chi connectivity index (χ3n) is 3.05. The molecule has 0 bridgehead atoms. The molecule has 1 aliphatic rings.